The lowest BCUT2D eigenvalue weighted by Crippen LogP contribution is -2.41. The van der Waals surface area contributed by atoms with E-state index in [2.05, 4.69) is 10.1 Å². The van der Waals surface area contributed by atoms with Gasteiger partial charge in [-0.3, -0.25) is 4.79 Å². The summed E-state index contributed by atoms with van der Waals surface area (Å²) >= 11 is 5.96. The summed E-state index contributed by atoms with van der Waals surface area (Å²) in [5.74, 6) is -8.80. The summed E-state index contributed by atoms with van der Waals surface area (Å²) in [6.07, 6.45) is -1.19. The fourth-order valence-corrected chi connectivity index (χ4v) is 3.64. The topological polar surface area (TPSA) is 106 Å². The molecule has 0 saturated heterocycles. The van der Waals surface area contributed by atoms with Crippen molar-refractivity contribution in [2.75, 3.05) is 12.3 Å². The monoisotopic (exact) mass is 511 g/mol. The molecule has 182 valence electrons. The number of nitrogens with zero attached hydrogens (tertiary/aromatic N) is 3. The second kappa shape index (κ2) is 9.12. The normalized spacial score (nSPS) is 12.7. The Labute approximate surface area is 199 Å². The van der Waals surface area contributed by atoms with Gasteiger partial charge in [-0.15, -0.1) is 5.10 Å². The van der Waals surface area contributed by atoms with Crippen LogP contribution in [0.5, 0.6) is 0 Å². The minimum absolute atomic E-state index is 0.0112. The van der Waals surface area contributed by atoms with E-state index in [1.165, 1.54) is 35.0 Å². The molecule has 1 amide bonds. The molecule has 7 nitrogen and oxygen atoms in total. The zero-order valence-corrected chi connectivity index (χ0v) is 18.2. The van der Waals surface area contributed by atoms with Gasteiger partial charge in [0.1, 0.15) is 23.6 Å². The Morgan fingerprint density at radius 2 is 1.83 bits per heavy atom. The first-order valence-electron chi connectivity index (χ1n) is 9.86. The van der Waals surface area contributed by atoms with Crippen molar-refractivity contribution in [2.24, 2.45) is 0 Å². The summed E-state index contributed by atoms with van der Waals surface area (Å²) in [6.45, 7) is -1.48. The Kier molecular flexibility index (Phi) is 6.34. The highest BCUT2D eigenvalue weighted by molar-refractivity contribution is 6.34. The van der Waals surface area contributed by atoms with E-state index in [9.17, 15) is 27.5 Å². The van der Waals surface area contributed by atoms with Gasteiger partial charge in [-0.1, -0.05) is 11.6 Å². The van der Waals surface area contributed by atoms with E-state index in [-0.39, 0.29) is 22.1 Å². The number of carbonyl (C=O) groups is 1. The van der Waals surface area contributed by atoms with E-state index in [1.807, 2.05) is 5.32 Å². The van der Waals surface area contributed by atoms with Gasteiger partial charge in [0, 0.05) is 17.8 Å². The molecule has 0 radical (unpaired) electrons. The van der Waals surface area contributed by atoms with Crippen molar-refractivity contribution in [3.8, 4) is 11.1 Å². The van der Waals surface area contributed by atoms with Crippen molar-refractivity contribution in [1.29, 1.82) is 0 Å². The Morgan fingerprint density at radius 1 is 1.14 bits per heavy atom. The standard InChI is InChI=1S/C22H15ClF5N5O2/c23-15-2-1-14(10-3-4-33-16(7-10)31-21(29)32-33)18(26)17(15)20(35)30-9-22(27,28)19(34)11-5-12(24)8-13(25)6-11/h1-8,19,34H,9H2,(H2,29,32)(H,30,35)/t19-/m0/s1. The van der Waals surface area contributed by atoms with Crippen molar-refractivity contribution < 1.29 is 31.9 Å². The molecule has 13 heteroatoms. The number of aliphatic hydroxyl groups excluding tert-OH is 1. The smallest absolute Gasteiger partial charge is 0.294 e. The van der Waals surface area contributed by atoms with Crippen LogP contribution in [-0.2, 0) is 0 Å². The van der Waals surface area contributed by atoms with E-state index in [4.69, 9.17) is 17.3 Å². The second-order valence-corrected chi connectivity index (χ2v) is 7.93. The molecule has 2 aromatic heterocycles. The van der Waals surface area contributed by atoms with E-state index in [1.54, 1.807) is 0 Å². The number of benzene rings is 2. The summed E-state index contributed by atoms with van der Waals surface area (Å²) in [6, 6.07) is 6.92. The number of anilines is 1. The Balaban J connectivity index is 1.58. The van der Waals surface area contributed by atoms with E-state index < -0.39 is 53.1 Å². The Bertz CT molecular complexity index is 1430. The number of aromatic nitrogens is 3. The third-order valence-electron chi connectivity index (χ3n) is 5.07. The Morgan fingerprint density at radius 3 is 2.51 bits per heavy atom. The first-order chi connectivity index (χ1) is 16.5. The zero-order chi connectivity index (χ0) is 25.5. The summed E-state index contributed by atoms with van der Waals surface area (Å²) in [5.41, 5.74) is 4.57. The molecule has 0 aliphatic carbocycles. The molecule has 0 fully saturated rings. The summed E-state index contributed by atoms with van der Waals surface area (Å²) in [5, 5.41) is 15.3. The number of nitrogens with one attached hydrogen (secondary N) is 1. The molecule has 4 aromatic rings. The van der Waals surface area contributed by atoms with Crippen LogP contribution in [0, 0.1) is 17.5 Å². The molecular weight excluding hydrogens is 497 g/mol. The van der Waals surface area contributed by atoms with Gasteiger partial charge in [-0.2, -0.15) is 4.98 Å². The molecule has 4 N–H and O–H groups in total. The number of amides is 1. The van der Waals surface area contributed by atoms with Crippen molar-refractivity contribution in [2.45, 2.75) is 12.0 Å². The van der Waals surface area contributed by atoms with E-state index in [0.717, 1.165) is 0 Å². The third kappa shape index (κ3) is 4.88. The number of fused-ring (bicyclic) bond motifs is 1. The van der Waals surface area contributed by atoms with E-state index in [0.29, 0.717) is 23.8 Å². The van der Waals surface area contributed by atoms with Crippen LogP contribution in [0.3, 0.4) is 0 Å². The second-order valence-electron chi connectivity index (χ2n) is 7.52. The highest BCUT2D eigenvalue weighted by Crippen LogP contribution is 2.33. The quantitative estimate of drug-likeness (QED) is 0.337. The highest BCUT2D eigenvalue weighted by Gasteiger charge is 2.40. The number of hydrogen-bond donors (Lipinski definition) is 3. The lowest BCUT2D eigenvalue weighted by atomic mass is 10.0. The molecule has 0 saturated carbocycles. The molecule has 2 heterocycles. The summed E-state index contributed by atoms with van der Waals surface area (Å²) < 4.78 is 72.2. The molecule has 1 atom stereocenters. The largest absolute Gasteiger partial charge is 0.382 e. The molecule has 0 aliphatic rings. The maximum Gasteiger partial charge on any atom is 0.294 e. The maximum atomic E-state index is 15.3. The molecule has 0 bridgehead atoms. The number of nitrogen functional groups attached to an aromatic ring is 1. The molecule has 35 heavy (non-hydrogen) atoms. The summed E-state index contributed by atoms with van der Waals surface area (Å²) in [7, 11) is 0. The van der Waals surface area contributed by atoms with E-state index >= 15 is 4.39 Å². The summed E-state index contributed by atoms with van der Waals surface area (Å²) in [4.78, 5) is 16.5. The van der Waals surface area contributed by atoms with Crippen LogP contribution in [0.15, 0.2) is 48.7 Å². The van der Waals surface area contributed by atoms with Crippen LogP contribution in [0.25, 0.3) is 16.8 Å². The van der Waals surface area contributed by atoms with Crippen molar-refractivity contribution in [1.82, 2.24) is 19.9 Å². The van der Waals surface area contributed by atoms with Gasteiger partial charge in [-0.25, -0.2) is 26.5 Å². The third-order valence-corrected chi connectivity index (χ3v) is 5.38. The number of alkyl halides is 2. The van der Waals surface area contributed by atoms with Crippen LogP contribution < -0.4 is 11.1 Å². The minimum Gasteiger partial charge on any atom is -0.382 e. The molecule has 0 aliphatic heterocycles. The van der Waals surface area contributed by atoms with Gasteiger partial charge in [-0.05, 0) is 47.5 Å². The van der Waals surface area contributed by atoms with Crippen molar-refractivity contribution >= 4 is 29.1 Å². The first-order valence-corrected chi connectivity index (χ1v) is 10.2. The fourth-order valence-electron chi connectivity index (χ4n) is 3.41. The van der Waals surface area contributed by atoms with Crippen molar-refractivity contribution in [3.05, 3.63) is 82.3 Å². The number of carbonyl (C=O) groups excluding carboxylic acids is 1. The molecule has 0 spiro atoms. The predicted molar refractivity (Wildman–Crippen MR) is 116 cm³/mol. The van der Waals surface area contributed by atoms with Gasteiger partial charge in [0.2, 0.25) is 5.95 Å². The molecule has 0 unspecified atom stereocenters. The average molecular weight is 512 g/mol. The number of rotatable bonds is 6. The van der Waals surface area contributed by atoms with Gasteiger partial charge >= 0.3 is 0 Å². The SMILES string of the molecule is Nc1nc2cc(-c3ccc(Cl)c(C(=O)NCC(F)(F)[C@@H](O)c4cc(F)cc(F)c4)c3F)ccn2n1. The van der Waals surface area contributed by atoms with Crippen LogP contribution in [-0.4, -0.2) is 38.1 Å². The number of hydrogen-bond acceptors (Lipinski definition) is 5. The predicted octanol–water partition coefficient (Wildman–Crippen LogP) is 4.15. The van der Waals surface area contributed by atoms with Crippen LogP contribution in [0.2, 0.25) is 5.02 Å². The van der Waals surface area contributed by atoms with Crippen molar-refractivity contribution in [3.63, 3.8) is 0 Å². The average Bonchev–Trinajstić information content (AvgIpc) is 3.16. The van der Waals surface area contributed by atoms with Gasteiger partial charge in [0.15, 0.2) is 5.65 Å². The maximum absolute atomic E-state index is 15.3. The van der Waals surface area contributed by atoms with Crippen LogP contribution in [0.4, 0.5) is 27.9 Å². The minimum atomic E-state index is -4.06. The van der Waals surface area contributed by atoms with Crippen LogP contribution in [0.1, 0.15) is 22.0 Å². The lowest BCUT2D eigenvalue weighted by Gasteiger charge is -2.23. The Hall–Kier alpha value is -3.77. The highest BCUT2D eigenvalue weighted by atomic mass is 35.5. The van der Waals surface area contributed by atoms with Gasteiger partial charge in [0.25, 0.3) is 11.8 Å². The lowest BCUT2D eigenvalue weighted by molar-refractivity contribution is -0.106. The molecular formula is C22H15ClF5N5O2. The number of aliphatic hydroxyl groups is 1. The molecule has 4 rings (SSSR count). The number of nitrogens with two attached hydrogens (primary N) is 1. The van der Waals surface area contributed by atoms with Crippen LogP contribution >= 0.6 is 11.6 Å². The zero-order valence-electron chi connectivity index (χ0n) is 17.4. The number of pyridine rings is 1. The number of halogens is 6. The van der Waals surface area contributed by atoms with Gasteiger partial charge in [0.05, 0.1) is 17.1 Å². The fraction of sp³-hybridized carbons (Fsp3) is 0.136. The van der Waals surface area contributed by atoms with Gasteiger partial charge < -0.3 is 16.2 Å². The molecule has 2 aromatic carbocycles. The first kappa shape index (κ1) is 24.4.